The fourth-order valence-corrected chi connectivity index (χ4v) is 1.89. The van der Waals surface area contributed by atoms with E-state index in [1.807, 2.05) is 0 Å². The van der Waals surface area contributed by atoms with Crippen LogP contribution in [0.4, 0.5) is 5.82 Å². The molecule has 1 aromatic rings. The third-order valence-electron chi connectivity index (χ3n) is 3.19. The fourth-order valence-electron chi connectivity index (χ4n) is 1.89. The summed E-state index contributed by atoms with van der Waals surface area (Å²) in [5.74, 6) is 0.284. The molecule has 2 heterocycles. The van der Waals surface area contributed by atoms with E-state index in [1.165, 1.54) is 6.20 Å². The Hall–Kier alpha value is -1.73. The Morgan fingerprint density at radius 1 is 1.58 bits per heavy atom. The maximum Gasteiger partial charge on any atom is 0.271 e. The molecule has 1 aromatic heterocycles. The molecule has 0 aliphatic carbocycles. The van der Waals surface area contributed by atoms with Crippen LogP contribution in [-0.4, -0.2) is 55.4 Å². The van der Waals surface area contributed by atoms with Crippen LogP contribution in [0.15, 0.2) is 12.4 Å². The molecule has 0 aromatic carbocycles. The normalized spacial score (nSPS) is 22.2. The van der Waals surface area contributed by atoms with Crippen molar-refractivity contribution >= 4 is 11.7 Å². The first-order valence-corrected chi connectivity index (χ1v) is 6.10. The van der Waals surface area contributed by atoms with Crippen LogP contribution in [0.5, 0.6) is 0 Å². The summed E-state index contributed by atoms with van der Waals surface area (Å²) in [7, 11) is 3.35. The van der Waals surface area contributed by atoms with Crippen molar-refractivity contribution in [2.24, 2.45) is 0 Å². The van der Waals surface area contributed by atoms with Gasteiger partial charge in [0, 0.05) is 33.7 Å². The number of nitrogens with one attached hydrogen (secondary N) is 2. The van der Waals surface area contributed by atoms with Gasteiger partial charge in [-0.15, -0.1) is 0 Å². The number of methoxy groups -OCH3 is 1. The molecule has 2 rings (SSSR count). The molecule has 7 nitrogen and oxygen atoms in total. The molecule has 0 spiro atoms. The predicted molar refractivity (Wildman–Crippen MR) is 69.1 cm³/mol. The van der Waals surface area contributed by atoms with Crippen LogP contribution in [0.1, 0.15) is 16.9 Å². The minimum Gasteiger partial charge on any atom is -0.378 e. The first-order chi connectivity index (χ1) is 9.19. The molecular weight excluding hydrogens is 248 g/mol. The molecule has 2 N–H and O–H groups in total. The summed E-state index contributed by atoms with van der Waals surface area (Å²) in [4.78, 5) is 20.1. The van der Waals surface area contributed by atoms with E-state index in [1.54, 1.807) is 20.4 Å². The Balaban J connectivity index is 1.97. The number of hydrogen-bond donors (Lipinski definition) is 2. The molecule has 0 bridgehead atoms. The van der Waals surface area contributed by atoms with Gasteiger partial charge in [-0.25, -0.2) is 4.98 Å². The van der Waals surface area contributed by atoms with Crippen molar-refractivity contribution in [3.05, 3.63) is 18.1 Å². The molecule has 0 radical (unpaired) electrons. The van der Waals surface area contributed by atoms with Crippen LogP contribution in [0.3, 0.4) is 0 Å². The van der Waals surface area contributed by atoms with Gasteiger partial charge in [-0.1, -0.05) is 0 Å². The van der Waals surface area contributed by atoms with Crippen LogP contribution in [-0.2, 0) is 9.47 Å². The number of carbonyl (C=O) groups excluding carboxylic acids is 1. The van der Waals surface area contributed by atoms with Crippen LogP contribution in [0.25, 0.3) is 0 Å². The highest BCUT2D eigenvalue weighted by Gasteiger charge is 2.35. The number of carbonyl (C=O) groups is 1. The number of amides is 1. The number of rotatable bonds is 5. The van der Waals surface area contributed by atoms with E-state index in [4.69, 9.17) is 9.47 Å². The SMILES string of the molecule is CNc1cncc(C(=O)NCC2(OC)CCOC2)n1. The van der Waals surface area contributed by atoms with E-state index in [0.717, 1.165) is 6.42 Å². The Bertz CT molecular complexity index is 446. The third kappa shape index (κ3) is 3.18. The first kappa shape index (κ1) is 13.7. The maximum atomic E-state index is 12.0. The highest BCUT2D eigenvalue weighted by Crippen LogP contribution is 2.21. The number of hydrogen-bond acceptors (Lipinski definition) is 6. The van der Waals surface area contributed by atoms with Crippen LogP contribution < -0.4 is 10.6 Å². The van der Waals surface area contributed by atoms with Crippen molar-refractivity contribution in [2.75, 3.05) is 39.2 Å². The molecule has 1 saturated heterocycles. The number of nitrogens with zero attached hydrogens (tertiary/aromatic N) is 2. The fraction of sp³-hybridized carbons (Fsp3) is 0.583. The second-order valence-electron chi connectivity index (χ2n) is 4.41. The highest BCUT2D eigenvalue weighted by atomic mass is 16.5. The van der Waals surface area contributed by atoms with Gasteiger partial charge in [0.05, 0.1) is 19.0 Å². The van der Waals surface area contributed by atoms with Crippen molar-refractivity contribution < 1.29 is 14.3 Å². The monoisotopic (exact) mass is 266 g/mol. The lowest BCUT2D eigenvalue weighted by Gasteiger charge is -2.25. The minimum absolute atomic E-state index is 0.270. The van der Waals surface area contributed by atoms with Crippen LogP contribution in [0, 0.1) is 0 Å². The minimum atomic E-state index is -0.427. The topological polar surface area (TPSA) is 85.4 Å². The molecule has 1 atom stereocenters. The summed E-state index contributed by atoms with van der Waals surface area (Å²) in [5, 5.41) is 5.65. The molecule has 7 heteroatoms. The highest BCUT2D eigenvalue weighted by molar-refractivity contribution is 5.92. The van der Waals surface area contributed by atoms with E-state index < -0.39 is 5.60 Å². The van der Waals surface area contributed by atoms with Crippen LogP contribution >= 0.6 is 0 Å². The van der Waals surface area contributed by atoms with Gasteiger partial charge in [0.2, 0.25) is 0 Å². The summed E-state index contributed by atoms with van der Waals surface area (Å²) in [6.07, 6.45) is 3.76. The van der Waals surface area contributed by atoms with E-state index in [9.17, 15) is 4.79 Å². The van der Waals surface area contributed by atoms with Crippen LogP contribution in [0.2, 0.25) is 0 Å². The maximum absolute atomic E-state index is 12.0. The van der Waals surface area contributed by atoms with Gasteiger partial charge in [0.1, 0.15) is 17.1 Å². The molecule has 19 heavy (non-hydrogen) atoms. The zero-order valence-corrected chi connectivity index (χ0v) is 11.1. The standard InChI is InChI=1S/C12H18N4O3/c1-13-10-6-14-5-9(16-10)11(17)15-7-12(18-2)3-4-19-8-12/h5-6H,3-4,7-8H2,1-2H3,(H,13,16)(H,15,17). The van der Waals surface area contributed by atoms with Gasteiger partial charge < -0.3 is 20.1 Å². The Labute approximate surface area is 111 Å². The predicted octanol–water partition coefficient (Wildman–Crippen LogP) is 0.0536. The Kier molecular flexibility index (Phi) is 4.28. The van der Waals surface area contributed by atoms with Gasteiger partial charge in [-0.05, 0) is 0 Å². The number of aromatic nitrogens is 2. The second kappa shape index (κ2) is 5.94. The van der Waals surface area contributed by atoms with Crippen molar-refractivity contribution in [2.45, 2.75) is 12.0 Å². The van der Waals surface area contributed by atoms with Gasteiger partial charge in [-0.3, -0.25) is 9.78 Å². The quantitative estimate of drug-likeness (QED) is 0.783. The zero-order chi connectivity index (χ0) is 13.7. The van der Waals surface area contributed by atoms with Crippen molar-refractivity contribution in [1.82, 2.24) is 15.3 Å². The second-order valence-corrected chi connectivity index (χ2v) is 4.41. The molecule has 1 unspecified atom stereocenters. The smallest absolute Gasteiger partial charge is 0.271 e. The van der Waals surface area contributed by atoms with Crippen molar-refractivity contribution in [1.29, 1.82) is 0 Å². The molecular formula is C12H18N4O3. The molecule has 104 valence electrons. The van der Waals surface area contributed by atoms with Gasteiger partial charge in [-0.2, -0.15) is 0 Å². The van der Waals surface area contributed by atoms with Gasteiger partial charge in [0.15, 0.2) is 0 Å². The van der Waals surface area contributed by atoms with E-state index in [2.05, 4.69) is 20.6 Å². The van der Waals surface area contributed by atoms with Gasteiger partial charge in [0.25, 0.3) is 5.91 Å². The van der Waals surface area contributed by atoms with Gasteiger partial charge >= 0.3 is 0 Å². The lowest BCUT2D eigenvalue weighted by Crippen LogP contribution is -2.45. The molecule has 1 amide bonds. The molecule has 0 saturated carbocycles. The lowest BCUT2D eigenvalue weighted by molar-refractivity contribution is -0.0149. The lowest BCUT2D eigenvalue weighted by atomic mass is 10.0. The zero-order valence-electron chi connectivity index (χ0n) is 11.1. The summed E-state index contributed by atoms with van der Waals surface area (Å²) in [6.45, 7) is 1.54. The molecule has 1 aliphatic heterocycles. The summed E-state index contributed by atoms with van der Waals surface area (Å²) < 4.78 is 10.8. The summed E-state index contributed by atoms with van der Waals surface area (Å²) in [5.41, 5.74) is -0.152. The molecule has 1 aliphatic rings. The number of anilines is 1. The molecule has 1 fully saturated rings. The third-order valence-corrected chi connectivity index (χ3v) is 3.19. The first-order valence-electron chi connectivity index (χ1n) is 6.10. The Morgan fingerprint density at radius 3 is 3.05 bits per heavy atom. The summed E-state index contributed by atoms with van der Waals surface area (Å²) >= 11 is 0. The largest absolute Gasteiger partial charge is 0.378 e. The van der Waals surface area contributed by atoms with Crippen molar-refractivity contribution in [3.63, 3.8) is 0 Å². The Morgan fingerprint density at radius 2 is 2.42 bits per heavy atom. The van der Waals surface area contributed by atoms with E-state index >= 15 is 0 Å². The number of ether oxygens (including phenoxy) is 2. The van der Waals surface area contributed by atoms with E-state index in [-0.39, 0.29) is 11.6 Å². The van der Waals surface area contributed by atoms with E-state index in [0.29, 0.717) is 25.6 Å². The average molecular weight is 266 g/mol. The summed E-state index contributed by atoms with van der Waals surface area (Å²) in [6, 6.07) is 0. The average Bonchev–Trinajstić information content (AvgIpc) is 2.94. The van der Waals surface area contributed by atoms with Crippen molar-refractivity contribution in [3.8, 4) is 0 Å².